The third kappa shape index (κ3) is 4.53. The molecule has 4 aromatic rings. The quantitative estimate of drug-likeness (QED) is 0.329. The highest BCUT2D eigenvalue weighted by molar-refractivity contribution is 7.92. The molecule has 0 atom stereocenters. The Hall–Kier alpha value is -4.37. The molecule has 178 valence electrons. The number of H-pyrrole nitrogens is 1. The molecule has 2 aromatic carbocycles. The summed E-state index contributed by atoms with van der Waals surface area (Å²) in [5.41, 5.74) is -1.13. The van der Waals surface area contributed by atoms with Crippen molar-refractivity contribution in [2.24, 2.45) is 0 Å². The Morgan fingerprint density at radius 3 is 2.49 bits per heavy atom. The van der Waals surface area contributed by atoms with Gasteiger partial charge < -0.3 is 10.3 Å². The van der Waals surface area contributed by atoms with Gasteiger partial charge in [0, 0.05) is 12.2 Å². The van der Waals surface area contributed by atoms with E-state index in [1.165, 1.54) is 36.8 Å². The molecule has 0 aliphatic rings. The van der Waals surface area contributed by atoms with Gasteiger partial charge in [-0.3, -0.25) is 9.52 Å². The van der Waals surface area contributed by atoms with Gasteiger partial charge in [0.05, 0.1) is 38.7 Å². The van der Waals surface area contributed by atoms with E-state index in [-0.39, 0.29) is 33.1 Å². The summed E-state index contributed by atoms with van der Waals surface area (Å²) >= 11 is 0. The first-order chi connectivity index (χ1) is 16.6. The van der Waals surface area contributed by atoms with Crippen LogP contribution in [0.4, 0.5) is 20.3 Å². The van der Waals surface area contributed by atoms with E-state index in [4.69, 9.17) is 5.26 Å². The Morgan fingerprint density at radius 1 is 1.11 bits per heavy atom. The van der Waals surface area contributed by atoms with E-state index in [1.54, 1.807) is 0 Å². The number of carbonyl (C=O) groups excluding carboxylic acids is 1. The first-order valence-electron chi connectivity index (χ1n) is 10.3. The van der Waals surface area contributed by atoms with Gasteiger partial charge in [-0.05, 0) is 50.2 Å². The molecule has 4 rings (SSSR count). The monoisotopic (exact) mass is 496 g/mol. The Balaban J connectivity index is 1.76. The number of aromatic nitrogens is 3. The topological polar surface area (TPSA) is 141 Å². The zero-order chi connectivity index (χ0) is 25.3. The van der Waals surface area contributed by atoms with Crippen molar-refractivity contribution in [3.63, 3.8) is 0 Å². The Morgan fingerprint density at radius 2 is 1.83 bits per heavy atom. The highest BCUT2D eigenvalue weighted by Crippen LogP contribution is 2.30. The molecule has 3 N–H and O–H groups in total. The number of nitriles is 1. The zero-order valence-corrected chi connectivity index (χ0v) is 19.2. The van der Waals surface area contributed by atoms with E-state index in [1.807, 2.05) is 24.6 Å². The number of fused-ring (bicyclic) bond motifs is 1. The summed E-state index contributed by atoms with van der Waals surface area (Å²) in [4.78, 5) is 24.0. The number of nitrogens with one attached hydrogen (secondary N) is 3. The van der Waals surface area contributed by atoms with E-state index in [9.17, 15) is 17.6 Å². The highest BCUT2D eigenvalue weighted by atomic mass is 32.2. The van der Waals surface area contributed by atoms with Gasteiger partial charge in [0.25, 0.3) is 10.0 Å². The average molecular weight is 496 g/mol. The molecule has 0 aliphatic carbocycles. The van der Waals surface area contributed by atoms with Crippen molar-refractivity contribution in [1.82, 2.24) is 15.0 Å². The molecular formula is C23H18F2N6O3S. The predicted molar refractivity (Wildman–Crippen MR) is 124 cm³/mol. The van der Waals surface area contributed by atoms with E-state index in [0.29, 0.717) is 5.82 Å². The van der Waals surface area contributed by atoms with E-state index < -0.39 is 38.7 Å². The molecule has 0 saturated carbocycles. The van der Waals surface area contributed by atoms with Crippen LogP contribution in [0.15, 0.2) is 53.8 Å². The SMILES string of the molecule is CC(C)Nc1ncnc2[nH]cc(C(=O)c3c(F)ccc(NS(=O)(=O)c4ccc(C#N)cc4)c3F)c12. The number of halogens is 2. The lowest BCUT2D eigenvalue weighted by Gasteiger charge is -2.13. The lowest BCUT2D eigenvalue weighted by molar-refractivity contribution is 0.103. The van der Waals surface area contributed by atoms with E-state index in [2.05, 4.69) is 20.3 Å². The highest BCUT2D eigenvalue weighted by Gasteiger charge is 2.27. The fourth-order valence-electron chi connectivity index (χ4n) is 3.41. The molecule has 2 aromatic heterocycles. The number of benzene rings is 2. The normalized spacial score (nSPS) is 11.4. The molecule has 2 heterocycles. The van der Waals surface area contributed by atoms with Gasteiger partial charge in [-0.25, -0.2) is 27.2 Å². The first kappa shape index (κ1) is 23.8. The van der Waals surface area contributed by atoms with Crippen LogP contribution in [-0.4, -0.2) is 35.2 Å². The van der Waals surface area contributed by atoms with Crippen LogP contribution < -0.4 is 10.0 Å². The number of hydrogen-bond acceptors (Lipinski definition) is 7. The Bertz CT molecular complexity index is 1590. The number of ketones is 1. The van der Waals surface area contributed by atoms with Crippen molar-refractivity contribution in [3.05, 3.63) is 77.2 Å². The molecule has 0 radical (unpaired) electrons. The minimum absolute atomic E-state index is 0.0561. The van der Waals surface area contributed by atoms with Crippen LogP contribution >= 0.6 is 0 Å². The summed E-state index contributed by atoms with van der Waals surface area (Å²) in [6.45, 7) is 3.70. The van der Waals surface area contributed by atoms with Crippen molar-refractivity contribution in [2.75, 3.05) is 10.0 Å². The number of carbonyl (C=O) groups is 1. The number of anilines is 2. The second-order valence-electron chi connectivity index (χ2n) is 7.80. The summed E-state index contributed by atoms with van der Waals surface area (Å²) < 4.78 is 57.5. The lowest BCUT2D eigenvalue weighted by Crippen LogP contribution is -2.17. The zero-order valence-electron chi connectivity index (χ0n) is 18.4. The summed E-state index contributed by atoms with van der Waals surface area (Å²) in [6.07, 6.45) is 2.54. The van der Waals surface area contributed by atoms with Gasteiger partial charge in [0.1, 0.15) is 23.6 Å². The van der Waals surface area contributed by atoms with E-state index in [0.717, 1.165) is 12.1 Å². The second kappa shape index (κ2) is 9.11. The molecule has 0 unspecified atom stereocenters. The van der Waals surface area contributed by atoms with Crippen LogP contribution in [-0.2, 0) is 10.0 Å². The van der Waals surface area contributed by atoms with Gasteiger partial charge >= 0.3 is 0 Å². The maximum atomic E-state index is 15.4. The van der Waals surface area contributed by atoms with Gasteiger partial charge in [-0.15, -0.1) is 0 Å². The van der Waals surface area contributed by atoms with Gasteiger partial charge in [0.2, 0.25) is 5.78 Å². The number of hydrogen-bond donors (Lipinski definition) is 3. The van der Waals surface area contributed by atoms with Crippen molar-refractivity contribution in [3.8, 4) is 6.07 Å². The molecular weight excluding hydrogens is 478 g/mol. The summed E-state index contributed by atoms with van der Waals surface area (Å²) in [5, 5.41) is 12.2. The lowest BCUT2D eigenvalue weighted by atomic mass is 10.0. The van der Waals surface area contributed by atoms with Gasteiger partial charge in [0.15, 0.2) is 5.82 Å². The standard InChI is InChI=1S/C23H18F2N6O3S/c1-12(2)30-23-18-15(10-27-22(18)28-11-29-23)21(32)19-16(24)7-8-17(20(19)25)31-35(33,34)14-5-3-13(9-26)4-6-14/h3-8,10-12,31H,1-2H3,(H2,27,28,29,30). The molecule has 0 aliphatic heterocycles. The molecule has 0 fully saturated rings. The first-order valence-corrected chi connectivity index (χ1v) is 11.7. The Kier molecular flexibility index (Phi) is 6.19. The number of sulfonamides is 1. The molecule has 0 spiro atoms. The minimum Gasteiger partial charge on any atom is -0.367 e. The predicted octanol–water partition coefficient (Wildman–Crippen LogP) is 3.96. The van der Waals surface area contributed by atoms with Crippen LogP contribution in [0.2, 0.25) is 0 Å². The van der Waals surface area contributed by atoms with Crippen LogP contribution in [0.3, 0.4) is 0 Å². The van der Waals surface area contributed by atoms with Crippen molar-refractivity contribution in [2.45, 2.75) is 24.8 Å². The number of rotatable bonds is 7. The summed E-state index contributed by atoms with van der Waals surface area (Å²) in [7, 11) is -4.29. The van der Waals surface area contributed by atoms with Crippen molar-refractivity contribution >= 4 is 38.3 Å². The number of nitrogens with zero attached hydrogens (tertiary/aromatic N) is 3. The fraction of sp³-hybridized carbons (Fsp3) is 0.130. The fourth-order valence-corrected chi connectivity index (χ4v) is 4.47. The third-order valence-corrected chi connectivity index (χ3v) is 6.38. The molecule has 9 nitrogen and oxygen atoms in total. The van der Waals surface area contributed by atoms with Gasteiger partial charge in [-0.2, -0.15) is 5.26 Å². The van der Waals surface area contributed by atoms with Crippen LogP contribution in [0.1, 0.15) is 35.3 Å². The number of aromatic amines is 1. The largest absolute Gasteiger partial charge is 0.367 e. The smallest absolute Gasteiger partial charge is 0.261 e. The molecule has 0 bridgehead atoms. The molecule has 12 heteroatoms. The summed E-state index contributed by atoms with van der Waals surface area (Å²) in [5.74, 6) is -3.27. The Labute approximate surface area is 198 Å². The van der Waals surface area contributed by atoms with Gasteiger partial charge in [-0.1, -0.05) is 0 Å². The van der Waals surface area contributed by atoms with Crippen LogP contribution in [0.25, 0.3) is 11.0 Å². The maximum absolute atomic E-state index is 15.4. The maximum Gasteiger partial charge on any atom is 0.261 e. The average Bonchev–Trinajstić information content (AvgIpc) is 3.26. The van der Waals surface area contributed by atoms with Crippen molar-refractivity contribution in [1.29, 1.82) is 5.26 Å². The van der Waals surface area contributed by atoms with Crippen LogP contribution in [0.5, 0.6) is 0 Å². The molecule has 35 heavy (non-hydrogen) atoms. The van der Waals surface area contributed by atoms with E-state index >= 15 is 4.39 Å². The minimum atomic E-state index is -4.29. The summed E-state index contributed by atoms with van der Waals surface area (Å²) in [6, 6.07) is 8.39. The second-order valence-corrected chi connectivity index (χ2v) is 9.48. The third-order valence-electron chi connectivity index (χ3n) is 5.00. The van der Waals surface area contributed by atoms with Crippen LogP contribution in [0, 0.1) is 23.0 Å². The molecule has 0 saturated heterocycles. The van der Waals surface area contributed by atoms with Crippen molar-refractivity contribution < 1.29 is 22.0 Å². The molecule has 0 amide bonds.